The highest BCUT2D eigenvalue weighted by atomic mass is 19.2. The number of nitrogens with one attached hydrogen (secondary N) is 2. The van der Waals surface area contributed by atoms with Crippen LogP contribution < -0.4 is 5.56 Å². The van der Waals surface area contributed by atoms with Gasteiger partial charge in [-0.25, -0.2) is 13.2 Å². The molecule has 4 rings (SSSR count). The van der Waals surface area contributed by atoms with Gasteiger partial charge in [-0.05, 0) is 42.1 Å². The van der Waals surface area contributed by atoms with Gasteiger partial charge in [-0.15, -0.1) is 0 Å². The summed E-state index contributed by atoms with van der Waals surface area (Å²) >= 11 is 0. The normalized spacial score (nSPS) is 12.4. The lowest BCUT2D eigenvalue weighted by molar-refractivity contribution is 0.0738. The van der Waals surface area contributed by atoms with Crippen LogP contribution in [0.15, 0.2) is 47.4 Å². The number of para-hydroxylation sites is 1. The topological polar surface area (TPSA) is 69.0 Å². The van der Waals surface area contributed by atoms with Crippen LogP contribution >= 0.6 is 0 Å². The van der Waals surface area contributed by atoms with Crippen LogP contribution in [0.3, 0.4) is 0 Å². The molecule has 2 aromatic heterocycles. The minimum absolute atomic E-state index is 0.0122. The van der Waals surface area contributed by atoms with E-state index in [1.165, 1.54) is 24.2 Å². The molecule has 0 saturated carbocycles. The van der Waals surface area contributed by atoms with E-state index in [0.717, 1.165) is 12.1 Å². The molecule has 1 amide bonds. The molecule has 0 saturated heterocycles. The highest BCUT2D eigenvalue weighted by Gasteiger charge is 2.23. The molecule has 2 aromatic carbocycles. The molecule has 2 N–H and O–H groups in total. The molecule has 2 heterocycles. The summed E-state index contributed by atoms with van der Waals surface area (Å²) in [6.07, 6.45) is 1.38. The predicted molar refractivity (Wildman–Crippen MR) is 103 cm³/mol. The van der Waals surface area contributed by atoms with Crippen LogP contribution in [0.25, 0.3) is 21.7 Å². The number of carbonyl (C=O) groups excluding carboxylic acids is 1. The van der Waals surface area contributed by atoms with E-state index in [0.29, 0.717) is 10.9 Å². The Labute approximate surface area is 162 Å². The van der Waals surface area contributed by atoms with Gasteiger partial charge in [-0.2, -0.15) is 0 Å². The summed E-state index contributed by atoms with van der Waals surface area (Å²) in [5, 5.41) is 0.755. The average Bonchev–Trinajstić information content (AvgIpc) is 3.14. The van der Waals surface area contributed by atoms with E-state index in [-0.39, 0.29) is 22.0 Å². The molecule has 0 aliphatic heterocycles. The fourth-order valence-electron chi connectivity index (χ4n) is 3.43. The van der Waals surface area contributed by atoms with Gasteiger partial charge in [-0.1, -0.05) is 12.1 Å². The molecule has 0 fully saturated rings. The van der Waals surface area contributed by atoms with Crippen molar-refractivity contribution in [2.75, 3.05) is 7.05 Å². The van der Waals surface area contributed by atoms with Crippen molar-refractivity contribution < 1.29 is 18.0 Å². The molecular weight excluding hydrogens is 383 g/mol. The summed E-state index contributed by atoms with van der Waals surface area (Å²) in [6.45, 7) is 1.69. The summed E-state index contributed by atoms with van der Waals surface area (Å²) in [6, 6.07) is 7.25. The monoisotopic (exact) mass is 399 g/mol. The largest absolute Gasteiger partial charge is 0.348 e. The number of rotatable bonds is 3. The Morgan fingerprint density at radius 2 is 1.72 bits per heavy atom. The average molecular weight is 399 g/mol. The van der Waals surface area contributed by atoms with Crippen molar-refractivity contribution in [3.63, 3.8) is 0 Å². The first-order valence-electron chi connectivity index (χ1n) is 8.82. The second-order valence-corrected chi connectivity index (χ2v) is 6.86. The molecule has 4 aromatic rings. The SMILES string of the molecule is C[C@H](c1c[nH]c(=O)c2cc(F)c(F)cc12)N(C)C(=O)c1cc2cccc(F)c2[nH]1. The lowest BCUT2D eigenvalue weighted by Crippen LogP contribution is -2.30. The van der Waals surface area contributed by atoms with Crippen LogP contribution in [0.5, 0.6) is 0 Å². The Hall–Kier alpha value is -3.55. The molecule has 0 spiro atoms. The number of aromatic nitrogens is 2. The summed E-state index contributed by atoms with van der Waals surface area (Å²) in [5.74, 6) is -3.11. The molecule has 0 bridgehead atoms. The molecule has 1 atom stereocenters. The van der Waals surface area contributed by atoms with Crippen molar-refractivity contribution in [1.29, 1.82) is 0 Å². The van der Waals surface area contributed by atoms with Gasteiger partial charge in [0.05, 0.1) is 16.9 Å². The zero-order valence-corrected chi connectivity index (χ0v) is 15.5. The van der Waals surface area contributed by atoms with E-state index in [2.05, 4.69) is 9.97 Å². The quantitative estimate of drug-likeness (QED) is 0.541. The van der Waals surface area contributed by atoms with Gasteiger partial charge in [0, 0.05) is 18.6 Å². The van der Waals surface area contributed by atoms with Gasteiger partial charge in [-0.3, -0.25) is 9.59 Å². The Morgan fingerprint density at radius 3 is 2.41 bits per heavy atom. The predicted octanol–water partition coefficient (Wildman–Crippen LogP) is 4.26. The smallest absolute Gasteiger partial charge is 0.270 e. The second-order valence-electron chi connectivity index (χ2n) is 6.86. The molecule has 5 nitrogen and oxygen atoms in total. The zero-order valence-electron chi connectivity index (χ0n) is 15.5. The maximum absolute atomic E-state index is 13.9. The first-order valence-corrected chi connectivity index (χ1v) is 8.82. The lowest BCUT2D eigenvalue weighted by atomic mass is 10.0. The fourth-order valence-corrected chi connectivity index (χ4v) is 3.43. The van der Waals surface area contributed by atoms with Gasteiger partial charge < -0.3 is 14.9 Å². The van der Waals surface area contributed by atoms with Crippen LogP contribution in [0.1, 0.15) is 29.0 Å². The Bertz CT molecular complexity index is 1330. The van der Waals surface area contributed by atoms with E-state index in [9.17, 15) is 22.8 Å². The summed E-state index contributed by atoms with van der Waals surface area (Å²) in [7, 11) is 1.53. The van der Waals surface area contributed by atoms with Crippen molar-refractivity contribution in [2.45, 2.75) is 13.0 Å². The first kappa shape index (κ1) is 18.8. The van der Waals surface area contributed by atoms with Crippen LogP contribution in [0.2, 0.25) is 0 Å². The number of pyridine rings is 1. The number of hydrogen-bond donors (Lipinski definition) is 2. The number of nitrogens with zero attached hydrogens (tertiary/aromatic N) is 1. The number of hydrogen-bond acceptors (Lipinski definition) is 2. The maximum Gasteiger partial charge on any atom is 0.270 e. The van der Waals surface area contributed by atoms with Gasteiger partial charge in [0.2, 0.25) is 0 Å². The highest BCUT2D eigenvalue weighted by Crippen LogP contribution is 2.28. The number of aromatic amines is 2. The molecule has 0 radical (unpaired) electrons. The summed E-state index contributed by atoms with van der Waals surface area (Å²) < 4.78 is 41.3. The van der Waals surface area contributed by atoms with Crippen LogP contribution in [0, 0.1) is 17.5 Å². The Morgan fingerprint density at radius 1 is 1.03 bits per heavy atom. The van der Waals surface area contributed by atoms with E-state index in [1.807, 2.05) is 0 Å². The summed E-state index contributed by atoms with van der Waals surface area (Å²) in [4.78, 5) is 31.6. The maximum atomic E-state index is 13.9. The number of carbonyl (C=O) groups is 1. The standard InChI is InChI=1S/C21H16F3N3O2/c1-10(14-9-25-20(28)13-8-17(24)16(23)7-12(13)14)27(2)21(29)18-6-11-4-3-5-15(22)19(11)26-18/h3-10,26H,1-2H3,(H,25,28)/t10-/m1/s1. The van der Waals surface area contributed by atoms with Crippen molar-refractivity contribution in [1.82, 2.24) is 14.9 Å². The van der Waals surface area contributed by atoms with Gasteiger partial charge in [0.15, 0.2) is 11.6 Å². The highest BCUT2D eigenvalue weighted by molar-refractivity contribution is 5.98. The number of fused-ring (bicyclic) bond motifs is 2. The third kappa shape index (κ3) is 3.06. The van der Waals surface area contributed by atoms with E-state index < -0.39 is 35.0 Å². The number of H-pyrrole nitrogens is 2. The van der Waals surface area contributed by atoms with Crippen molar-refractivity contribution in [2.24, 2.45) is 0 Å². The molecule has 0 aliphatic carbocycles. The Balaban J connectivity index is 1.75. The first-order chi connectivity index (χ1) is 13.8. The number of amides is 1. The third-order valence-electron chi connectivity index (χ3n) is 5.16. The van der Waals surface area contributed by atoms with Gasteiger partial charge >= 0.3 is 0 Å². The van der Waals surface area contributed by atoms with E-state index in [4.69, 9.17) is 0 Å². The minimum Gasteiger partial charge on any atom is -0.348 e. The molecule has 29 heavy (non-hydrogen) atoms. The van der Waals surface area contributed by atoms with Crippen molar-refractivity contribution in [3.8, 4) is 0 Å². The van der Waals surface area contributed by atoms with Gasteiger partial charge in [0.25, 0.3) is 11.5 Å². The number of benzene rings is 2. The fraction of sp³-hybridized carbons (Fsp3) is 0.143. The van der Waals surface area contributed by atoms with Crippen LogP contribution in [-0.4, -0.2) is 27.8 Å². The summed E-state index contributed by atoms with van der Waals surface area (Å²) in [5.41, 5.74) is 0.293. The zero-order chi connectivity index (χ0) is 20.9. The van der Waals surface area contributed by atoms with Crippen molar-refractivity contribution >= 4 is 27.6 Å². The minimum atomic E-state index is -1.13. The van der Waals surface area contributed by atoms with Crippen molar-refractivity contribution in [3.05, 3.63) is 81.7 Å². The molecule has 0 aliphatic rings. The number of halogens is 3. The molecule has 148 valence electrons. The van der Waals surface area contributed by atoms with Crippen LogP contribution in [-0.2, 0) is 0 Å². The lowest BCUT2D eigenvalue weighted by Gasteiger charge is -2.25. The van der Waals surface area contributed by atoms with E-state index in [1.54, 1.807) is 25.1 Å². The second kappa shape index (κ2) is 6.80. The third-order valence-corrected chi connectivity index (χ3v) is 5.16. The van der Waals surface area contributed by atoms with Crippen LogP contribution in [0.4, 0.5) is 13.2 Å². The molecule has 8 heteroatoms. The molecule has 0 unspecified atom stereocenters. The van der Waals surface area contributed by atoms with E-state index >= 15 is 0 Å². The Kier molecular flexibility index (Phi) is 4.41. The molecular formula is C21H16F3N3O2. The van der Waals surface area contributed by atoms with Gasteiger partial charge in [0.1, 0.15) is 11.5 Å².